The molecule has 0 radical (unpaired) electrons. The molecule has 11 heteroatoms. The predicted molar refractivity (Wildman–Crippen MR) is 447 cm³/mol. The van der Waals surface area contributed by atoms with Crippen molar-refractivity contribution in [1.82, 2.24) is 4.57 Å². The molecular weight excluding hydrogens is 1310 g/mol. The van der Waals surface area contributed by atoms with Crippen LogP contribution >= 0.6 is 0 Å². The first-order chi connectivity index (χ1) is 50.6. The van der Waals surface area contributed by atoms with Gasteiger partial charge in [0, 0.05) is 74.7 Å². The molecule has 0 atom stereocenters. The first-order valence-corrected chi connectivity index (χ1v) is 43.8. The molecule has 0 amide bonds. The van der Waals surface area contributed by atoms with Crippen molar-refractivity contribution in [3.63, 3.8) is 0 Å². The third kappa shape index (κ3) is 8.74. The number of benzene rings is 12. The summed E-state index contributed by atoms with van der Waals surface area (Å²) in [5.41, 5.74) is 29.5. The second-order valence-corrected chi connectivity index (χ2v) is 43.3. The second kappa shape index (κ2) is 21.5. The molecule has 2 aliphatic carbocycles. The van der Waals surface area contributed by atoms with Gasteiger partial charge in [-0.3, -0.25) is 4.57 Å². The van der Waals surface area contributed by atoms with E-state index in [9.17, 15) is 0 Å². The number of ether oxygens (including phenoxy) is 2. The average molecular weight is 1390 g/mol. The maximum absolute atomic E-state index is 8.02. The van der Waals surface area contributed by atoms with Crippen molar-refractivity contribution >= 4 is 151 Å². The summed E-state index contributed by atoms with van der Waals surface area (Å²) in [6.07, 6.45) is 2.11. The normalized spacial score (nSPS) is 17.8. The van der Waals surface area contributed by atoms with Crippen LogP contribution in [0, 0.1) is 0 Å². The SMILES string of the molecule is CC1(C)CC(C)(C)c2cc(N3c4cc5c(cc4B4c6ccccc6Oc6cc(N7c8ccccc8[Si](C)(C)c8ccccc87)cc3c64)B3c4cc(-c6ccccc6)n(-c6ccccc6)c4Oc4cc(N6c7ccccc7[Si](C)(C)c7ccccc76)cc(c43)N5c3ccc4c(c3)C(C)(C)CC4(C)C)ccc21. The second-order valence-electron chi connectivity index (χ2n) is 34.7. The smallest absolute Gasteiger partial charge is 0.258 e. The molecule has 21 rings (SSSR count). The minimum Gasteiger partial charge on any atom is -0.458 e. The summed E-state index contributed by atoms with van der Waals surface area (Å²) in [5.74, 6) is 3.41. The first-order valence-electron chi connectivity index (χ1n) is 37.8. The highest BCUT2D eigenvalue weighted by Gasteiger charge is 2.52. The predicted octanol–water partition coefficient (Wildman–Crippen LogP) is 18.1. The zero-order chi connectivity index (χ0) is 71.3. The van der Waals surface area contributed by atoms with Crippen LogP contribution in [0.2, 0.25) is 26.2 Å². The average Bonchev–Trinajstić information content (AvgIpc) is 1.62. The Morgan fingerprint density at radius 1 is 0.295 bits per heavy atom. The Bertz CT molecular complexity index is 5850. The van der Waals surface area contributed by atoms with Gasteiger partial charge in [-0.2, -0.15) is 0 Å². The Labute approximate surface area is 620 Å². The molecule has 8 aliphatic rings. The number of nitrogens with zero attached hydrogens (tertiary/aromatic N) is 5. The number of hydrogen-bond acceptors (Lipinski definition) is 6. The number of hydrogen-bond donors (Lipinski definition) is 0. The van der Waals surface area contributed by atoms with Gasteiger partial charge in [-0.1, -0.05) is 239 Å². The fraction of sp³-hybridized carbons (Fsp3) is 0.191. The molecule has 0 N–H and O–H groups in total. The molecule has 7 heterocycles. The maximum Gasteiger partial charge on any atom is 0.258 e. The highest BCUT2D eigenvalue weighted by Crippen LogP contribution is 2.57. The van der Waals surface area contributed by atoms with Crippen molar-refractivity contribution in [1.29, 1.82) is 0 Å². The fourth-order valence-electron chi connectivity index (χ4n) is 21.4. The minimum absolute atomic E-state index is 0.00571. The Morgan fingerprint density at radius 3 is 1.18 bits per heavy atom. The molecular formula is C94H83B2N5O2Si2. The van der Waals surface area contributed by atoms with E-state index in [2.05, 4.69) is 367 Å². The third-order valence-electron chi connectivity index (χ3n) is 25.6. The van der Waals surface area contributed by atoms with Gasteiger partial charge in [-0.15, -0.1) is 0 Å². The van der Waals surface area contributed by atoms with Crippen molar-refractivity contribution in [3.05, 3.63) is 283 Å². The molecule has 0 saturated heterocycles. The fourth-order valence-corrected chi connectivity index (χ4v) is 27.4. The molecule has 0 fully saturated rings. The van der Waals surface area contributed by atoms with Crippen molar-refractivity contribution in [2.75, 3.05) is 19.6 Å². The van der Waals surface area contributed by atoms with E-state index in [1.54, 1.807) is 0 Å². The van der Waals surface area contributed by atoms with Crippen molar-refractivity contribution in [2.24, 2.45) is 0 Å². The van der Waals surface area contributed by atoms with Gasteiger partial charge in [-0.25, -0.2) is 0 Å². The lowest BCUT2D eigenvalue weighted by molar-refractivity contribution is 0.402. The van der Waals surface area contributed by atoms with E-state index >= 15 is 0 Å². The summed E-state index contributed by atoms with van der Waals surface area (Å²) < 4.78 is 18.0. The van der Waals surface area contributed by atoms with Crippen LogP contribution in [-0.4, -0.2) is 34.1 Å². The van der Waals surface area contributed by atoms with Gasteiger partial charge in [0.15, 0.2) is 5.88 Å². The number of anilines is 12. The van der Waals surface area contributed by atoms with E-state index < -0.39 is 16.1 Å². The van der Waals surface area contributed by atoms with Crippen molar-refractivity contribution < 1.29 is 9.47 Å². The van der Waals surface area contributed by atoms with Crippen LogP contribution in [0.25, 0.3) is 16.9 Å². The monoisotopic (exact) mass is 1390 g/mol. The van der Waals surface area contributed by atoms with Gasteiger partial charge in [0.1, 0.15) is 33.4 Å². The number of rotatable bonds is 6. The summed E-state index contributed by atoms with van der Waals surface area (Å²) >= 11 is 0. The summed E-state index contributed by atoms with van der Waals surface area (Å²) in [7, 11) is -4.37. The van der Waals surface area contributed by atoms with Crippen LogP contribution in [0.1, 0.15) is 90.5 Å². The topological polar surface area (TPSA) is 36.4 Å². The Hall–Kier alpha value is -10.7. The minimum atomic E-state index is -2.20. The Morgan fingerprint density at radius 2 is 0.695 bits per heavy atom. The highest BCUT2D eigenvalue weighted by atomic mass is 28.3. The molecule has 0 saturated carbocycles. The Kier molecular flexibility index (Phi) is 12.9. The summed E-state index contributed by atoms with van der Waals surface area (Å²) in [6.45, 7) is 29.2. The number of para-hydroxylation sites is 6. The molecule has 510 valence electrons. The lowest BCUT2D eigenvalue weighted by Crippen LogP contribution is -2.63. The van der Waals surface area contributed by atoms with Crippen LogP contribution in [0.4, 0.5) is 68.2 Å². The van der Waals surface area contributed by atoms with Crippen LogP contribution in [0.15, 0.2) is 261 Å². The molecule has 0 unspecified atom stereocenters. The molecule has 12 aromatic carbocycles. The van der Waals surface area contributed by atoms with E-state index in [0.717, 1.165) is 115 Å². The molecule has 105 heavy (non-hydrogen) atoms. The van der Waals surface area contributed by atoms with E-state index in [1.165, 1.54) is 82.1 Å². The summed E-state index contributed by atoms with van der Waals surface area (Å²) in [4.78, 5) is 10.4. The van der Waals surface area contributed by atoms with Crippen LogP contribution in [0.5, 0.6) is 23.1 Å². The van der Waals surface area contributed by atoms with Gasteiger partial charge in [0.25, 0.3) is 13.4 Å². The lowest BCUT2D eigenvalue weighted by atomic mass is 9.31. The summed E-state index contributed by atoms with van der Waals surface area (Å²) in [6, 6.07) is 100. The first kappa shape index (κ1) is 62.8. The zero-order valence-electron chi connectivity index (χ0n) is 61.9. The van der Waals surface area contributed by atoms with Crippen LogP contribution in [0.3, 0.4) is 0 Å². The Balaban J connectivity index is 0.902. The molecule has 6 aliphatic heterocycles. The largest absolute Gasteiger partial charge is 0.458 e. The molecule has 7 nitrogen and oxygen atoms in total. The third-order valence-corrected chi connectivity index (χ3v) is 32.7. The maximum atomic E-state index is 8.02. The van der Waals surface area contributed by atoms with Crippen LogP contribution < -0.4 is 82.6 Å². The van der Waals surface area contributed by atoms with Gasteiger partial charge >= 0.3 is 0 Å². The molecule has 0 bridgehead atoms. The molecule has 13 aromatic rings. The van der Waals surface area contributed by atoms with E-state index in [4.69, 9.17) is 9.47 Å². The molecule has 1 aromatic heterocycles. The van der Waals surface area contributed by atoms with Gasteiger partial charge in [0.05, 0.1) is 17.1 Å². The van der Waals surface area contributed by atoms with Crippen molar-refractivity contribution in [3.8, 4) is 40.1 Å². The van der Waals surface area contributed by atoms with Gasteiger partial charge < -0.3 is 29.1 Å². The van der Waals surface area contributed by atoms with Crippen molar-refractivity contribution in [2.45, 2.75) is 116 Å². The quantitative estimate of drug-likeness (QED) is 0.154. The number of fused-ring (bicyclic) bond motifs is 14. The van der Waals surface area contributed by atoms with Gasteiger partial charge in [-0.05, 0) is 207 Å². The molecule has 0 spiro atoms. The van der Waals surface area contributed by atoms with E-state index in [-0.39, 0.29) is 35.1 Å². The van der Waals surface area contributed by atoms with Crippen LogP contribution in [-0.2, 0) is 21.7 Å². The lowest BCUT2D eigenvalue weighted by Gasteiger charge is -2.46. The summed E-state index contributed by atoms with van der Waals surface area (Å²) in [5, 5.41) is 5.68. The zero-order valence-corrected chi connectivity index (χ0v) is 63.9. The van der Waals surface area contributed by atoms with Gasteiger partial charge in [0.2, 0.25) is 0 Å². The highest BCUT2D eigenvalue weighted by molar-refractivity contribution is 7.04. The van der Waals surface area contributed by atoms with E-state index in [1.807, 2.05) is 0 Å². The van der Waals surface area contributed by atoms with E-state index in [0.29, 0.717) is 0 Å². The number of aromatic nitrogens is 1. The standard InChI is InChI=1S/C94H83B2N5O2Si2/c1-91(2)56-93(5,6)66-47-60(43-45-64(66)91)97-77-55-78-70(53-69(77)95-68-33-19-24-38-81(68)102-82-51-62(49-79(97)88(82)95)99-72-34-20-25-39-84(72)104(9,10)85-40-26-21-35-73(85)99)96-71-54-76(58-29-15-13-16-30-58)101(59-31-17-14-18-32-59)90(71)103-83-52-63(100-74-36-22-27-41-86(74)105(11,12)87-42-28-23-37-75(87)100)50-80(89(83)96)98(78)61-44-46-65-67(48-61)94(7,8)57-92(65,3)4/h13-55H,56-57H2,1-12H3.